The number of benzene rings is 3. The second kappa shape index (κ2) is 14.0. The van der Waals surface area contributed by atoms with Crippen molar-refractivity contribution in [1.82, 2.24) is 0 Å². The molecule has 1 saturated heterocycles. The third kappa shape index (κ3) is 7.98. The van der Waals surface area contributed by atoms with Gasteiger partial charge in [-0.1, -0.05) is 89.4 Å². The highest BCUT2D eigenvalue weighted by molar-refractivity contribution is 6.76. The zero-order chi connectivity index (χ0) is 30.3. The molecule has 0 spiro atoms. The Kier molecular flexibility index (Phi) is 10.4. The van der Waals surface area contributed by atoms with Gasteiger partial charge in [-0.15, -0.1) is 0 Å². The largest absolute Gasteiger partial charge is 0.459 e. The summed E-state index contributed by atoms with van der Waals surface area (Å²) in [7, 11) is 0. The summed E-state index contributed by atoms with van der Waals surface area (Å²) in [6.45, 7) is -0.672. The SMILES string of the molecule is N=C(OC1O[C@H](COC(=O)c2ccccc2)[C@@H](F)[C@H](OC(=O)c2ccccc2)[C@H]1OC(=O)c1ccccc1)C(Cl)(Cl)Cl. The lowest BCUT2D eigenvalue weighted by atomic mass is 9.99. The predicted molar refractivity (Wildman–Crippen MR) is 151 cm³/mol. The molecule has 0 aliphatic carbocycles. The van der Waals surface area contributed by atoms with Crippen LogP contribution in [0.15, 0.2) is 91.0 Å². The lowest BCUT2D eigenvalue weighted by Crippen LogP contribution is -2.61. The maximum atomic E-state index is 16.1. The van der Waals surface area contributed by atoms with Gasteiger partial charge in [0.1, 0.15) is 12.7 Å². The average molecular weight is 639 g/mol. The molecule has 3 aromatic carbocycles. The first-order chi connectivity index (χ1) is 20.0. The highest BCUT2D eigenvalue weighted by atomic mass is 35.6. The molecule has 4 rings (SSSR count). The number of hydrogen-bond acceptors (Lipinski definition) is 9. The normalized spacial score (nSPS) is 22.0. The number of rotatable bonds is 8. The van der Waals surface area contributed by atoms with Crippen molar-refractivity contribution in [1.29, 1.82) is 5.41 Å². The van der Waals surface area contributed by atoms with Crippen molar-refractivity contribution in [2.45, 2.75) is 34.6 Å². The van der Waals surface area contributed by atoms with E-state index in [1.165, 1.54) is 36.4 Å². The fourth-order valence-electron chi connectivity index (χ4n) is 3.88. The van der Waals surface area contributed by atoms with Gasteiger partial charge in [0.2, 0.25) is 18.3 Å². The van der Waals surface area contributed by atoms with E-state index in [1.54, 1.807) is 54.6 Å². The number of esters is 3. The maximum Gasteiger partial charge on any atom is 0.338 e. The molecule has 1 fully saturated rings. The lowest BCUT2D eigenvalue weighted by molar-refractivity contribution is -0.268. The minimum atomic E-state index is -2.38. The van der Waals surface area contributed by atoms with Crippen molar-refractivity contribution in [2.24, 2.45) is 0 Å². The van der Waals surface area contributed by atoms with Gasteiger partial charge in [-0.25, -0.2) is 18.8 Å². The minimum absolute atomic E-state index is 0.0721. The summed E-state index contributed by atoms with van der Waals surface area (Å²) >= 11 is 17.3. The number of halogens is 4. The summed E-state index contributed by atoms with van der Waals surface area (Å²) in [5, 5.41) is 8.03. The van der Waals surface area contributed by atoms with E-state index in [-0.39, 0.29) is 16.7 Å². The van der Waals surface area contributed by atoms with Crippen LogP contribution in [0.4, 0.5) is 4.39 Å². The van der Waals surface area contributed by atoms with Crippen molar-refractivity contribution in [3.8, 4) is 0 Å². The van der Waals surface area contributed by atoms with Gasteiger partial charge in [-0.3, -0.25) is 5.41 Å². The molecular weight excluding hydrogens is 616 g/mol. The first-order valence-corrected chi connectivity index (χ1v) is 13.5. The molecule has 9 nitrogen and oxygen atoms in total. The van der Waals surface area contributed by atoms with Crippen LogP contribution >= 0.6 is 34.8 Å². The molecule has 13 heteroatoms. The molecule has 0 aromatic heterocycles. The van der Waals surface area contributed by atoms with E-state index in [0.717, 1.165) is 0 Å². The van der Waals surface area contributed by atoms with Crippen LogP contribution in [0.5, 0.6) is 0 Å². The zero-order valence-corrected chi connectivity index (χ0v) is 23.8. The summed E-state index contributed by atoms with van der Waals surface area (Å²) in [6, 6.07) is 23.3. The number of ether oxygens (including phenoxy) is 5. The number of hydrogen-bond donors (Lipinski definition) is 1. The van der Waals surface area contributed by atoms with Crippen LogP contribution in [-0.4, -0.2) is 65.0 Å². The fraction of sp³-hybridized carbons (Fsp3) is 0.241. The zero-order valence-electron chi connectivity index (χ0n) is 21.5. The van der Waals surface area contributed by atoms with Crippen LogP contribution < -0.4 is 0 Å². The van der Waals surface area contributed by atoms with Gasteiger partial charge >= 0.3 is 17.9 Å². The second-order valence-electron chi connectivity index (χ2n) is 8.87. The number of carbonyl (C=O) groups excluding carboxylic acids is 3. The van der Waals surface area contributed by atoms with Gasteiger partial charge in [0.15, 0.2) is 12.3 Å². The van der Waals surface area contributed by atoms with E-state index in [4.69, 9.17) is 63.9 Å². The van der Waals surface area contributed by atoms with Gasteiger partial charge in [-0.2, -0.15) is 0 Å². The van der Waals surface area contributed by atoms with E-state index in [2.05, 4.69) is 0 Å². The molecule has 42 heavy (non-hydrogen) atoms. The van der Waals surface area contributed by atoms with Crippen molar-refractivity contribution in [3.63, 3.8) is 0 Å². The summed E-state index contributed by atoms with van der Waals surface area (Å²) < 4.78 is 41.0. The molecule has 1 N–H and O–H groups in total. The molecule has 1 unspecified atom stereocenters. The Hall–Kier alpha value is -3.70. The van der Waals surface area contributed by atoms with Crippen molar-refractivity contribution in [3.05, 3.63) is 108 Å². The Morgan fingerprint density at radius 1 is 0.714 bits per heavy atom. The van der Waals surface area contributed by atoms with E-state index >= 15 is 4.39 Å². The molecule has 5 atom stereocenters. The second-order valence-corrected chi connectivity index (χ2v) is 11.1. The highest BCUT2D eigenvalue weighted by Gasteiger charge is 2.53. The molecule has 1 aliphatic heterocycles. The third-order valence-electron chi connectivity index (χ3n) is 5.95. The van der Waals surface area contributed by atoms with Gasteiger partial charge in [-0.05, 0) is 36.4 Å². The molecule has 220 valence electrons. The van der Waals surface area contributed by atoms with E-state index in [9.17, 15) is 14.4 Å². The minimum Gasteiger partial charge on any atom is -0.459 e. The number of alkyl halides is 4. The molecule has 0 bridgehead atoms. The Bertz CT molecular complexity index is 1390. The van der Waals surface area contributed by atoms with Crippen LogP contribution in [0.3, 0.4) is 0 Å². The Morgan fingerprint density at radius 3 is 1.60 bits per heavy atom. The quantitative estimate of drug-likeness (QED) is 0.109. The van der Waals surface area contributed by atoms with Crippen LogP contribution in [0.2, 0.25) is 0 Å². The van der Waals surface area contributed by atoms with Crippen molar-refractivity contribution >= 4 is 58.6 Å². The molecule has 1 heterocycles. The summed E-state index contributed by atoms with van der Waals surface area (Å²) in [5.41, 5.74) is 0.342. The Labute approximate surface area is 254 Å². The fourth-order valence-corrected chi connectivity index (χ4v) is 4.02. The predicted octanol–water partition coefficient (Wildman–Crippen LogP) is 5.72. The standard InChI is InChI=1S/C29H23Cl3FNO8/c30-29(31,32)28(34)42-27-23(41-26(37)19-14-8-3-9-15-19)22(40-25(36)18-12-6-2-7-13-18)21(33)20(39-27)16-38-24(35)17-10-4-1-5-11-17/h1-15,20-23,27,34H,16H2/t20-,21-,22+,23-,27?/m1/s1. The van der Waals surface area contributed by atoms with Gasteiger partial charge in [0, 0.05) is 0 Å². The topological polar surface area (TPSA) is 121 Å². The van der Waals surface area contributed by atoms with Crippen LogP contribution in [0.25, 0.3) is 0 Å². The molecular formula is C29H23Cl3FNO8. The van der Waals surface area contributed by atoms with Crippen LogP contribution in [0, 0.1) is 5.41 Å². The Morgan fingerprint density at radius 2 is 1.14 bits per heavy atom. The first kappa shape index (κ1) is 31.2. The molecule has 0 saturated carbocycles. The molecule has 1 aliphatic rings. The van der Waals surface area contributed by atoms with Crippen molar-refractivity contribution < 1.29 is 42.5 Å². The molecule has 0 amide bonds. The van der Waals surface area contributed by atoms with Gasteiger partial charge in [0.25, 0.3) is 3.79 Å². The molecule has 3 aromatic rings. The summed E-state index contributed by atoms with van der Waals surface area (Å²) in [5.74, 6) is -3.64. The monoisotopic (exact) mass is 637 g/mol. The summed E-state index contributed by atoms with van der Waals surface area (Å²) in [6.07, 6.45) is -9.33. The smallest absolute Gasteiger partial charge is 0.338 e. The van der Waals surface area contributed by atoms with Crippen LogP contribution in [0.1, 0.15) is 31.1 Å². The van der Waals surface area contributed by atoms with Crippen LogP contribution in [-0.2, 0) is 23.7 Å². The highest BCUT2D eigenvalue weighted by Crippen LogP contribution is 2.34. The Balaban J connectivity index is 1.65. The maximum absolute atomic E-state index is 16.1. The number of carbonyl (C=O) groups is 3. The van der Waals surface area contributed by atoms with E-state index < -0.39 is 65.0 Å². The lowest BCUT2D eigenvalue weighted by Gasteiger charge is -2.42. The number of nitrogens with one attached hydrogen (secondary N) is 1. The van der Waals surface area contributed by atoms with Crippen molar-refractivity contribution in [2.75, 3.05) is 6.61 Å². The van der Waals surface area contributed by atoms with E-state index in [0.29, 0.717) is 0 Å². The third-order valence-corrected chi connectivity index (χ3v) is 6.47. The molecule has 0 radical (unpaired) electrons. The summed E-state index contributed by atoms with van der Waals surface area (Å²) in [4.78, 5) is 38.5. The van der Waals surface area contributed by atoms with Gasteiger partial charge in [0.05, 0.1) is 16.7 Å². The average Bonchev–Trinajstić information content (AvgIpc) is 3.00. The first-order valence-electron chi connectivity index (χ1n) is 12.4. The van der Waals surface area contributed by atoms with Gasteiger partial charge < -0.3 is 23.7 Å². The van der Waals surface area contributed by atoms with E-state index in [1.807, 2.05) is 0 Å².